The number of aryl methyl sites for hydroxylation is 1. The van der Waals surface area contributed by atoms with Gasteiger partial charge in [-0.3, -0.25) is 4.79 Å². The van der Waals surface area contributed by atoms with Crippen molar-refractivity contribution in [3.8, 4) is 33.9 Å². The summed E-state index contributed by atoms with van der Waals surface area (Å²) in [5.74, 6) is 1.17. The van der Waals surface area contributed by atoms with E-state index in [1.54, 1.807) is 21.9 Å². The number of aromatic amines is 1. The first-order valence-corrected chi connectivity index (χ1v) is 12.7. The van der Waals surface area contributed by atoms with Crippen molar-refractivity contribution in [3.05, 3.63) is 78.4 Å². The number of carbonyl (C=O) groups excluding carboxylic acids is 1. The Bertz CT molecular complexity index is 1640. The summed E-state index contributed by atoms with van der Waals surface area (Å²) < 4.78 is 16.0. The van der Waals surface area contributed by atoms with Gasteiger partial charge in [-0.1, -0.05) is 30.3 Å². The van der Waals surface area contributed by atoms with Gasteiger partial charge >= 0.3 is 0 Å². The predicted octanol–water partition coefficient (Wildman–Crippen LogP) is 4.54. The van der Waals surface area contributed by atoms with Gasteiger partial charge in [-0.05, 0) is 59.9 Å². The molecule has 1 saturated heterocycles. The van der Waals surface area contributed by atoms with Crippen LogP contribution in [0.15, 0.2) is 67.0 Å². The summed E-state index contributed by atoms with van der Waals surface area (Å²) in [5, 5.41) is 11.6. The summed E-state index contributed by atoms with van der Waals surface area (Å²) in [4.78, 5) is 22.4. The Hall–Kier alpha value is -4.37. The lowest BCUT2D eigenvalue weighted by Gasteiger charge is -2.29. The lowest BCUT2D eigenvalue weighted by Crippen LogP contribution is -2.48. The number of carbonyl (C=O) groups is 1. The average Bonchev–Trinajstić information content (AvgIpc) is 3.55. The highest BCUT2D eigenvalue weighted by molar-refractivity contribution is 5.85. The van der Waals surface area contributed by atoms with E-state index in [0.717, 1.165) is 58.5 Å². The number of likely N-dealkylation sites (tertiary alicyclic amines) is 1. The normalized spacial score (nSPS) is 15.9. The zero-order valence-electron chi connectivity index (χ0n) is 21.3. The van der Waals surface area contributed by atoms with Crippen LogP contribution in [-0.2, 0) is 18.4 Å². The third kappa shape index (κ3) is 4.56. The first kappa shape index (κ1) is 24.0. The fourth-order valence-electron chi connectivity index (χ4n) is 5.08. The van der Waals surface area contributed by atoms with Gasteiger partial charge in [0.25, 0.3) is 0 Å². The van der Waals surface area contributed by atoms with Crippen LogP contribution in [0.4, 0.5) is 4.39 Å². The Morgan fingerprint density at radius 2 is 1.92 bits per heavy atom. The maximum atomic E-state index is 14.2. The molecule has 2 N–H and O–H groups in total. The van der Waals surface area contributed by atoms with E-state index in [9.17, 15) is 9.18 Å². The second-order valence-corrected chi connectivity index (χ2v) is 9.81. The minimum atomic E-state index is -0.328. The Morgan fingerprint density at radius 3 is 2.76 bits per heavy atom. The first-order valence-electron chi connectivity index (χ1n) is 12.7. The molecule has 6 rings (SSSR count). The number of amides is 1. The summed E-state index contributed by atoms with van der Waals surface area (Å²) in [7, 11) is 3.69. The zero-order valence-corrected chi connectivity index (χ0v) is 21.3. The monoisotopic (exact) mass is 509 g/mol. The molecule has 3 aromatic carbocycles. The number of hydrogen-bond donors (Lipinski definition) is 2. The maximum Gasteiger partial charge on any atom is 0.239 e. The number of halogens is 1. The standard InChI is InChI=1S/C29H28FN7O/c1-36-12-4-7-25(29(36)38)31-16-18-8-11-24-26(13-18)34-27(33-24)20-6-3-5-19(14-20)22-10-9-21(30)15-23(22)28-35-32-17-37(28)2/h3,5-6,8-11,13-15,17,25,31H,4,7,12,16H2,1-2H3,(H,33,34)/t25-/m0/s1. The van der Waals surface area contributed by atoms with Gasteiger partial charge in [-0.25, -0.2) is 9.37 Å². The molecule has 3 heterocycles. The summed E-state index contributed by atoms with van der Waals surface area (Å²) in [6.45, 7) is 1.43. The molecule has 5 aromatic rings. The summed E-state index contributed by atoms with van der Waals surface area (Å²) in [5.41, 5.74) is 6.25. The molecule has 192 valence electrons. The summed E-state index contributed by atoms with van der Waals surface area (Å²) >= 11 is 0. The zero-order chi connectivity index (χ0) is 26.2. The van der Waals surface area contributed by atoms with E-state index >= 15 is 0 Å². The van der Waals surface area contributed by atoms with Crippen LogP contribution in [0.1, 0.15) is 18.4 Å². The minimum absolute atomic E-state index is 0.137. The molecular formula is C29H28FN7O. The van der Waals surface area contributed by atoms with Gasteiger partial charge in [0.1, 0.15) is 18.0 Å². The van der Waals surface area contributed by atoms with E-state index in [1.807, 2.05) is 50.5 Å². The number of H-pyrrole nitrogens is 1. The summed E-state index contributed by atoms with van der Waals surface area (Å²) in [6, 6.07) is 18.7. The van der Waals surface area contributed by atoms with Crippen LogP contribution in [0, 0.1) is 5.82 Å². The van der Waals surface area contributed by atoms with Crippen molar-refractivity contribution < 1.29 is 9.18 Å². The quantitative estimate of drug-likeness (QED) is 0.351. The molecule has 0 radical (unpaired) electrons. The van der Waals surface area contributed by atoms with Crippen molar-refractivity contribution in [2.45, 2.75) is 25.4 Å². The van der Waals surface area contributed by atoms with Crippen LogP contribution in [0.25, 0.3) is 44.9 Å². The number of benzene rings is 3. The molecule has 1 aliphatic heterocycles. The van der Waals surface area contributed by atoms with Crippen molar-refractivity contribution in [2.24, 2.45) is 7.05 Å². The van der Waals surface area contributed by atoms with Crippen molar-refractivity contribution in [3.63, 3.8) is 0 Å². The van der Waals surface area contributed by atoms with Gasteiger partial charge in [0.05, 0.1) is 17.1 Å². The first-order chi connectivity index (χ1) is 18.5. The second-order valence-electron chi connectivity index (χ2n) is 9.81. The minimum Gasteiger partial charge on any atom is -0.344 e. The smallest absolute Gasteiger partial charge is 0.239 e. The largest absolute Gasteiger partial charge is 0.344 e. The van der Waals surface area contributed by atoms with Crippen molar-refractivity contribution in [1.82, 2.24) is 34.9 Å². The highest BCUT2D eigenvalue weighted by Gasteiger charge is 2.25. The van der Waals surface area contributed by atoms with Gasteiger partial charge in [0.15, 0.2) is 5.82 Å². The van der Waals surface area contributed by atoms with Crippen molar-refractivity contribution in [2.75, 3.05) is 13.6 Å². The molecule has 0 spiro atoms. The number of nitrogens with zero attached hydrogens (tertiary/aromatic N) is 5. The lowest BCUT2D eigenvalue weighted by atomic mass is 9.97. The second kappa shape index (κ2) is 9.83. The fourth-order valence-corrected chi connectivity index (χ4v) is 5.08. The van der Waals surface area contributed by atoms with E-state index < -0.39 is 0 Å². The van der Waals surface area contributed by atoms with Crippen LogP contribution < -0.4 is 5.32 Å². The van der Waals surface area contributed by atoms with Crippen molar-refractivity contribution in [1.29, 1.82) is 0 Å². The number of fused-ring (bicyclic) bond motifs is 1. The van der Waals surface area contributed by atoms with Crippen LogP contribution in [0.3, 0.4) is 0 Å². The highest BCUT2D eigenvalue weighted by Crippen LogP contribution is 2.33. The van der Waals surface area contributed by atoms with Crippen LogP contribution in [-0.4, -0.2) is 55.2 Å². The third-order valence-electron chi connectivity index (χ3n) is 7.14. The molecule has 0 bridgehead atoms. The summed E-state index contributed by atoms with van der Waals surface area (Å²) in [6.07, 6.45) is 3.48. The van der Waals surface area contributed by atoms with Gasteiger partial charge in [-0.2, -0.15) is 0 Å². The molecular weight excluding hydrogens is 481 g/mol. The molecule has 0 aliphatic carbocycles. The third-order valence-corrected chi connectivity index (χ3v) is 7.14. The Morgan fingerprint density at radius 1 is 1.05 bits per heavy atom. The Kier molecular flexibility index (Phi) is 6.21. The molecule has 1 aliphatic rings. The van der Waals surface area contributed by atoms with Crippen LogP contribution in [0.5, 0.6) is 0 Å². The molecule has 1 atom stereocenters. The van der Waals surface area contributed by atoms with E-state index in [4.69, 9.17) is 4.98 Å². The molecule has 2 aromatic heterocycles. The molecule has 9 heteroatoms. The number of imidazole rings is 1. The van der Waals surface area contributed by atoms with Gasteiger partial charge in [-0.15, -0.1) is 10.2 Å². The SMILES string of the molecule is CN1CCC[C@H](NCc2ccc3nc(-c4cccc(-c5ccc(F)cc5-c5nncn5C)c4)[nH]c3c2)C1=O. The molecule has 8 nitrogen and oxygen atoms in total. The molecule has 1 amide bonds. The van der Waals surface area contributed by atoms with Crippen molar-refractivity contribution >= 4 is 16.9 Å². The number of nitrogens with one attached hydrogen (secondary N) is 2. The predicted molar refractivity (Wildman–Crippen MR) is 144 cm³/mol. The highest BCUT2D eigenvalue weighted by atomic mass is 19.1. The van der Waals surface area contributed by atoms with E-state index in [0.29, 0.717) is 17.9 Å². The molecule has 0 unspecified atom stereocenters. The molecule has 0 saturated carbocycles. The van der Waals surface area contributed by atoms with E-state index in [2.05, 4.69) is 26.6 Å². The number of aromatic nitrogens is 5. The van der Waals surface area contributed by atoms with Gasteiger partial charge < -0.3 is 19.8 Å². The van der Waals surface area contributed by atoms with E-state index in [1.165, 1.54) is 12.1 Å². The number of rotatable bonds is 6. The van der Waals surface area contributed by atoms with Crippen LogP contribution >= 0.6 is 0 Å². The number of likely N-dealkylation sites (N-methyl/N-ethyl adjacent to an activating group) is 1. The molecule has 38 heavy (non-hydrogen) atoms. The lowest BCUT2D eigenvalue weighted by molar-refractivity contribution is -0.134. The average molecular weight is 510 g/mol. The molecule has 1 fully saturated rings. The maximum absolute atomic E-state index is 14.2. The number of hydrogen-bond acceptors (Lipinski definition) is 5. The van der Waals surface area contributed by atoms with Gasteiger partial charge in [0, 0.05) is 38.3 Å². The van der Waals surface area contributed by atoms with E-state index in [-0.39, 0.29) is 17.8 Å². The Balaban J connectivity index is 1.28. The number of piperidine rings is 1. The Labute approximate surface area is 219 Å². The fraction of sp³-hybridized carbons (Fsp3) is 0.241. The topological polar surface area (TPSA) is 91.7 Å². The van der Waals surface area contributed by atoms with Gasteiger partial charge in [0.2, 0.25) is 5.91 Å². The van der Waals surface area contributed by atoms with Crippen LogP contribution in [0.2, 0.25) is 0 Å².